The highest BCUT2D eigenvalue weighted by Crippen LogP contribution is 2.28. The fourth-order valence-corrected chi connectivity index (χ4v) is 3.39. The lowest BCUT2D eigenvalue weighted by Gasteiger charge is -2.05. The molecule has 0 atom stereocenters. The second-order valence-corrected chi connectivity index (χ2v) is 6.39. The second-order valence-electron chi connectivity index (χ2n) is 6.39. The molecule has 0 saturated carbocycles. The molecule has 1 aromatic carbocycles. The maximum Gasteiger partial charge on any atom is 0.182 e. The van der Waals surface area contributed by atoms with Crippen molar-refractivity contribution in [3.63, 3.8) is 0 Å². The van der Waals surface area contributed by atoms with E-state index in [1.165, 1.54) is 0 Å². The Balaban J connectivity index is 1.74. The van der Waals surface area contributed by atoms with Crippen LogP contribution in [0, 0.1) is 13.8 Å². The first-order chi connectivity index (χ1) is 12.7. The highest BCUT2D eigenvalue weighted by molar-refractivity contribution is 5.94. The van der Waals surface area contributed by atoms with Gasteiger partial charge in [-0.3, -0.25) is 0 Å². The van der Waals surface area contributed by atoms with Gasteiger partial charge in [-0.15, -0.1) is 5.10 Å². The molecule has 128 valence electrons. The Bertz CT molecular complexity index is 1220. The van der Waals surface area contributed by atoms with E-state index in [0.29, 0.717) is 12.4 Å². The number of nitrogens with zero attached hydrogens (tertiary/aromatic N) is 5. The van der Waals surface area contributed by atoms with E-state index in [0.717, 1.165) is 39.3 Å². The van der Waals surface area contributed by atoms with Crippen molar-refractivity contribution >= 4 is 16.7 Å². The lowest BCUT2D eigenvalue weighted by molar-refractivity contribution is 0.494. The van der Waals surface area contributed by atoms with Gasteiger partial charge >= 0.3 is 0 Å². The molecule has 0 spiro atoms. The van der Waals surface area contributed by atoms with E-state index in [4.69, 9.17) is 9.40 Å². The fourth-order valence-electron chi connectivity index (χ4n) is 3.39. The zero-order valence-electron chi connectivity index (χ0n) is 14.5. The highest BCUT2D eigenvalue weighted by Gasteiger charge is 2.18. The minimum Gasteiger partial charge on any atom is -0.467 e. The number of aryl methyl sites for hydroxylation is 1. The molecule has 6 nitrogen and oxygen atoms in total. The molecule has 0 aliphatic carbocycles. The lowest BCUT2D eigenvalue weighted by atomic mass is 10.2. The van der Waals surface area contributed by atoms with Crippen molar-refractivity contribution < 1.29 is 4.42 Å². The first-order valence-electron chi connectivity index (χ1n) is 8.51. The van der Waals surface area contributed by atoms with Crippen LogP contribution >= 0.6 is 0 Å². The van der Waals surface area contributed by atoms with Gasteiger partial charge in [-0.1, -0.05) is 30.3 Å². The summed E-state index contributed by atoms with van der Waals surface area (Å²) in [4.78, 5) is 9.46. The topological polar surface area (TPSA) is 61.2 Å². The smallest absolute Gasteiger partial charge is 0.182 e. The van der Waals surface area contributed by atoms with Gasteiger partial charge in [0.05, 0.1) is 18.2 Å². The van der Waals surface area contributed by atoms with E-state index in [2.05, 4.69) is 28.5 Å². The third-order valence-electron chi connectivity index (χ3n) is 4.87. The number of benzene rings is 1. The molecule has 5 aromatic rings. The van der Waals surface area contributed by atoms with E-state index in [1.54, 1.807) is 17.1 Å². The molecule has 0 N–H and O–H groups in total. The molecule has 5 rings (SSSR count). The SMILES string of the molecule is Cc1c(C)n(Cc2ccco2)c2ncn3nc(-c4ccccc4)nc3c12. The number of furan rings is 1. The van der Waals surface area contributed by atoms with Crippen LogP contribution in [0.25, 0.3) is 28.1 Å². The summed E-state index contributed by atoms with van der Waals surface area (Å²) in [6.07, 6.45) is 3.42. The molecule has 0 fully saturated rings. The predicted molar refractivity (Wildman–Crippen MR) is 99.0 cm³/mol. The molecule has 0 bridgehead atoms. The Hall–Kier alpha value is -3.41. The zero-order chi connectivity index (χ0) is 17.7. The van der Waals surface area contributed by atoms with Crippen molar-refractivity contribution in [1.82, 2.24) is 24.1 Å². The average molecular weight is 343 g/mol. The van der Waals surface area contributed by atoms with Crippen LogP contribution in [-0.4, -0.2) is 24.1 Å². The Kier molecular flexibility index (Phi) is 3.18. The van der Waals surface area contributed by atoms with Crippen molar-refractivity contribution in [2.75, 3.05) is 0 Å². The van der Waals surface area contributed by atoms with Crippen LogP contribution in [0.15, 0.2) is 59.5 Å². The van der Waals surface area contributed by atoms with Gasteiger partial charge in [0.2, 0.25) is 0 Å². The minimum absolute atomic E-state index is 0.645. The molecule has 0 radical (unpaired) electrons. The molecule has 0 saturated heterocycles. The van der Waals surface area contributed by atoms with Crippen LogP contribution in [0.4, 0.5) is 0 Å². The molecule has 26 heavy (non-hydrogen) atoms. The summed E-state index contributed by atoms with van der Waals surface area (Å²) in [5.74, 6) is 1.61. The van der Waals surface area contributed by atoms with Gasteiger partial charge in [-0.2, -0.15) is 0 Å². The van der Waals surface area contributed by atoms with Crippen molar-refractivity contribution in [2.24, 2.45) is 0 Å². The maximum absolute atomic E-state index is 5.52. The molecule has 4 heterocycles. The van der Waals surface area contributed by atoms with Gasteiger partial charge in [-0.25, -0.2) is 14.5 Å². The third-order valence-corrected chi connectivity index (χ3v) is 4.87. The monoisotopic (exact) mass is 343 g/mol. The highest BCUT2D eigenvalue weighted by atomic mass is 16.3. The summed E-state index contributed by atoms with van der Waals surface area (Å²) in [6.45, 7) is 4.85. The Labute approximate surface area is 149 Å². The normalized spacial score (nSPS) is 11.6. The van der Waals surface area contributed by atoms with Crippen LogP contribution < -0.4 is 0 Å². The number of hydrogen-bond donors (Lipinski definition) is 0. The first-order valence-corrected chi connectivity index (χ1v) is 8.51. The van der Waals surface area contributed by atoms with E-state index in [1.807, 2.05) is 42.5 Å². The summed E-state index contributed by atoms with van der Waals surface area (Å²) in [5, 5.41) is 5.64. The largest absolute Gasteiger partial charge is 0.467 e. The predicted octanol–water partition coefficient (Wildman–Crippen LogP) is 4.00. The van der Waals surface area contributed by atoms with Gasteiger partial charge in [0.1, 0.15) is 17.7 Å². The molecular formula is C20H17N5O. The maximum atomic E-state index is 5.52. The summed E-state index contributed by atoms with van der Waals surface area (Å²) < 4.78 is 9.44. The number of rotatable bonds is 3. The van der Waals surface area contributed by atoms with Gasteiger partial charge < -0.3 is 8.98 Å². The lowest BCUT2D eigenvalue weighted by Crippen LogP contribution is -2.02. The average Bonchev–Trinajstić information content (AvgIpc) is 3.38. The summed E-state index contributed by atoms with van der Waals surface area (Å²) in [6, 6.07) is 13.9. The van der Waals surface area contributed by atoms with Crippen molar-refractivity contribution in [3.8, 4) is 11.4 Å². The molecule has 6 heteroatoms. The van der Waals surface area contributed by atoms with Crippen LogP contribution in [-0.2, 0) is 6.54 Å². The second kappa shape index (κ2) is 5.56. The van der Waals surface area contributed by atoms with Gasteiger partial charge in [0, 0.05) is 11.3 Å². The number of aromatic nitrogens is 5. The van der Waals surface area contributed by atoms with Gasteiger partial charge in [0.15, 0.2) is 11.5 Å². The summed E-state index contributed by atoms with van der Waals surface area (Å²) in [5.41, 5.74) is 5.04. The molecule has 0 aliphatic rings. The number of hydrogen-bond acceptors (Lipinski definition) is 4. The Morgan fingerprint density at radius 1 is 1.00 bits per heavy atom. The first kappa shape index (κ1) is 14.9. The van der Waals surface area contributed by atoms with Crippen LogP contribution in [0.5, 0.6) is 0 Å². The molecule has 0 unspecified atom stereocenters. The van der Waals surface area contributed by atoms with Crippen LogP contribution in [0.1, 0.15) is 17.0 Å². The summed E-state index contributed by atoms with van der Waals surface area (Å²) in [7, 11) is 0. The molecule has 0 aliphatic heterocycles. The Morgan fingerprint density at radius 2 is 1.85 bits per heavy atom. The zero-order valence-corrected chi connectivity index (χ0v) is 14.5. The van der Waals surface area contributed by atoms with Crippen molar-refractivity contribution in [1.29, 1.82) is 0 Å². The van der Waals surface area contributed by atoms with Crippen molar-refractivity contribution in [2.45, 2.75) is 20.4 Å². The molecule has 4 aromatic heterocycles. The minimum atomic E-state index is 0.645. The molecule has 0 amide bonds. The quantitative estimate of drug-likeness (QED) is 0.497. The van der Waals surface area contributed by atoms with E-state index < -0.39 is 0 Å². The van der Waals surface area contributed by atoms with E-state index >= 15 is 0 Å². The van der Waals surface area contributed by atoms with Gasteiger partial charge in [0.25, 0.3) is 0 Å². The van der Waals surface area contributed by atoms with Crippen molar-refractivity contribution in [3.05, 3.63) is 72.1 Å². The summed E-state index contributed by atoms with van der Waals surface area (Å²) >= 11 is 0. The number of fused-ring (bicyclic) bond motifs is 3. The van der Waals surface area contributed by atoms with Gasteiger partial charge in [-0.05, 0) is 31.5 Å². The van der Waals surface area contributed by atoms with E-state index in [-0.39, 0.29) is 0 Å². The van der Waals surface area contributed by atoms with E-state index in [9.17, 15) is 0 Å². The Morgan fingerprint density at radius 3 is 2.62 bits per heavy atom. The third kappa shape index (κ3) is 2.15. The standard InChI is InChI=1S/C20H17N5O/c1-13-14(2)24(11-16-9-6-10-26-16)19-17(13)20-22-18(23-25(20)12-21-19)15-7-4-3-5-8-15/h3-10,12H,11H2,1-2H3. The van der Waals surface area contributed by atoms with Crippen LogP contribution in [0.3, 0.4) is 0 Å². The molecular weight excluding hydrogens is 326 g/mol. The fraction of sp³-hybridized carbons (Fsp3) is 0.150. The van der Waals surface area contributed by atoms with Crippen LogP contribution in [0.2, 0.25) is 0 Å².